The van der Waals surface area contributed by atoms with Crippen LogP contribution in [0.4, 0.5) is 5.69 Å². The van der Waals surface area contributed by atoms with Gasteiger partial charge in [-0.1, -0.05) is 0 Å². The first-order valence-corrected chi connectivity index (χ1v) is 7.91. The van der Waals surface area contributed by atoms with Crippen molar-refractivity contribution in [2.75, 3.05) is 39.3 Å². The van der Waals surface area contributed by atoms with Gasteiger partial charge in [0, 0.05) is 44.0 Å². The maximum absolute atomic E-state index is 12.4. The zero-order chi connectivity index (χ0) is 17.1. The summed E-state index contributed by atoms with van der Waals surface area (Å²) in [5.74, 6) is 1.80. The molecule has 1 unspecified atom stereocenters. The van der Waals surface area contributed by atoms with Gasteiger partial charge in [0.15, 0.2) is 5.76 Å². The van der Waals surface area contributed by atoms with Crippen molar-refractivity contribution in [3.05, 3.63) is 42.4 Å². The van der Waals surface area contributed by atoms with E-state index in [9.17, 15) is 4.79 Å². The topological polar surface area (TPSA) is 55.2 Å². The molecule has 1 aromatic carbocycles. The molecule has 1 aliphatic heterocycles. The second-order valence-corrected chi connectivity index (χ2v) is 5.85. The minimum Gasteiger partial charge on any atom is -0.497 e. The van der Waals surface area contributed by atoms with Crippen LogP contribution in [0.25, 0.3) is 0 Å². The van der Waals surface area contributed by atoms with Gasteiger partial charge in [0.2, 0.25) is 0 Å². The number of likely N-dealkylation sites (N-methyl/N-ethyl adjacent to an activating group) is 1. The molecule has 0 saturated carbocycles. The first-order chi connectivity index (χ1) is 11.6. The fourth-order valence-electron chi connectivity index (χ4n) is 3.01. The van der Waals surface area contributed by atoms with Gasteiger partial charge in [0.1, 0.15) is 11.5 Å². The predicted octanol–water partition coefficient (Wildman–Crippen LogP) is 2.65. The molecule has 1 saturated heterocycles. The highest BCUT2D eigenvalue weighted by Crippen LogP contribution is 2.31. The van der Waals surface area contributed by atoms with Crippen molar-refractivity contribution in [2.24, 2.45) is 0 Å². The van der Waals surface area contributed by atoms with Crippen LogP contribution in [0, 0.1) is 0 Å². The number of rotatable bonds is 5. The van der Waals surface area contributed by atoms with E-state index in [4.69, 9.17) is 13.9 Å². The van der Waals surface area contributed by atoms with E-state index in [1.807, 2.05) is 25.2 Å². The van der Waals surface area contributed by atoms with Crippen molar-refractivity contribution in [3.63, 3.8) is 0 Å². The molecular weight excluding hydrogens is 308 g/mol. The van der Waals surface area contributed by atoms with E-state index in [0.717, 1.165) is 36.7 Å². The number of methoxy groups -OCH3 is 2. The van der Waals surface area contributed by atoms with Gasteiger partial charge in [-0.2, -0.15) is 0 Å². The van der Waals surface area contributed by atoms with Crippen molar-refractivity contribution in [3.8, 4) is 11.5 Å². The van der Waals surface area contributed by atoms with E-state index in [2.05, 4.69) is 4.90 Å². The minimum atomic E-state index is -0.0879. The molecule has 1 fully saturated rings. The summed E-state index contributed by atoms with van der Waals surface area (Å²) < 4.78 is 15.9. The lowest BCUT2D eigenvalue weighted by molar-refractivity contribution is 0.0713. The largest absolute Gasteiger partial charge is 0.497 e. The van der Waals surface area contributed by atoms with Crippen LogP contribution in [0.2, 0.25) is 0 Å². The lowest BCUT2D eigenvalue weighted by Gasteiger charge is -2.25. The highest BCUT2D eigenvalue weighted by molar-refractivity contribution is 5.91. The summed E-state index contributed by atoms with van der Waals surface area (Å²) in [4.78, 5) is 16.4. The smallest absolute Gasteiger partial charge is 0.289 e. The van der Waals surface area contributed by atoms with Gasteiger partial charge in [-0.3, -0.25) is 4.79 Å². The SMILES string of the molecule is COc1cc(OC)cc(N2CCC(N(C)C(=O)c3ccco3)C2)c1. The molecule has 1 aliphatic rings. The molecule has 0 N–H and O–H groups in total. The number of hydrogen-bond donors (Lipinski definition) is 0. The summed E-state index contributed by atoms with van der Waals surface area (Å²) in [6.07, 6.45) is 2.42. The molecule has 6 heteroatoms. The second kappa shape index (κ2) is 6.86. The number of anilines is 1. The Labute approximate surface area is 141 Å². The van der Waals surface area contributed by atoms with Crippen molar-refractivity contribution < 1.29 is 18.7 Å². The number of carbonyl (C=O) groups excluding carboxylic acids is 1. The Morgan fingerprint density at radius 3 is 2.54 bits per heavy atom. The lowest BCUT2D eigenvalue weighted by Crippen LogP contribution is -2.38. The van der Waals surface area contributed by atoms with E-state index in [0.29, 0.717) is 5.76 Å². The maximum atomic E-state index is 12.4. The number of ether oxygens (including phenoxy) is 2. The number of carbonyl (C=O) groups is 1. The molecule has 1 amide bonds. The normalized spacial score (nSPS) is 17.0. The van der Waals surface area contributed by atoms with E-state index in [1.54, 1.807) is 31.3 Å². The second-order valence-electron chi connectivity index (χ2n) is 5.85. The first kappa shape index (κ1) is 16.2. The first-order valence-electron chi connectivity index (χ1n) is 7.91. The number of furan rings is 1. The molecule has 1 atom stereocenters. The average molecular weight is 330 g/mol. The van der Waals surface area contributed by atoms with E-state index in [1.165, 1.54) is 6.26 Å². The predicted molar refractivity (Wildman–Crippen MR) is 91.0 cm³/mol. The number of hydrogen-bond acceptors (Lipinski definition) is 5. The molecule has 0 radical (unpaired) electrons. The van der Waals surface area contributed by atoms with Crippen LogP contribution >= 0.6 is 0 Å². The van der Waals surface area contributed by atoms with Gasteiger partial charge in [-0.15, -0.1) is 0 Å². The zero-order valence-electron chi connectivity index (χ0n) is 14.2. The van der Waals surface area contributed by atoms with Crippen molar-refractivity contribution >= 4 is 11.6 Å². The lowest BCUT2D eigenvalue weighted by atomic mass is 10.2. The Kier molecular flexibility index (Phi) is 4.64. The fraction of sp³-hybridized carbons (Fsp3) is 0.389. The van der Waals surface area contributed by atoms with Crippen LogP contribution in [0.15, 0.2) is 41.0 Å². The van der Waals surface area contributed by atoms with Crippen LogP contribution in [0.5, 0.6) is 11.5 Å². The molecule has 0 spiro atoms. The molecule has 1 aromatic heterocycles. The molecule has 2 heterocycles. The quantitative estimate of drug-likeness (QED) is 0.843. The van der Waals surface area contributed by atoms with Crippen LogP contribution in [-0.2, 0) is 0 Å². The molecular formula is C18H22N2O4. The Hall–Kier alpha value is -2.63. The van der Waals surface area contributed by atoms with Gasteiger partial charge in [0.05, 0.1) is 26.5 Å². The van der Waals surface area contributed by atoms with Gasteiger partial charge < -0.3 is 23.7 Å². The van der Waals surface area contributed by atoms with Crippen LogP contribution in [-0.4, -0.2) is 51.2 Å². The fourth-order valence-corrected chi connectivity index (χ4v) is 3.01. The number of amides is 1. The van der Waals surface area contributed by atoms with Crippen LogP contribution in [0.3, 0.4) is 0 Å². The van der Waals surface area contributed by atoms with Crippen molar-refractivity contribution in [1.29, 1.82) is 0 Å². The zero-order valence-corrected chi connectivity index (χ0v) is 14.2. The maximum Gasteiger partial charge on any atom is 0.289 e. The summed E-state index contributed by atoms with van der Waals surface area (Å²) in [6.45, 7) is 1.63. The third-order valence-electron chi connectivity index (χ3n) is 4.46. The van der Waals surface area contributed by atoms with E-state index < -0.39 is 0 Å². The van der Waals surface area contributed by atoms with E-state index in [-0.39, 0.29) is 11.9 Å². The van der Waals surface area contributed by atoms with E-state index >= 15 is 0 Å². The van der Waals surface area contributed by atoms with Crippen LogP contribution in [0.1, 0.15) is 17.0 Å². The summed E-state index contributed by atoms with van der Waals surface area (Å²) in [7, 11) is 5.10. The van der Waals surface area contributed by atoms with Gasteiger partial charge in [-0.05, 0) is 18.6 Å². The average Bonchev–Trinajstić information content (AvgIpc) is 3.31. The number of benzene rings is 1. The summed E-state index contributed by atoms with van der Waals surface area (Å²) in [5.41, 5.74) is 1.03. The molecule has 128 valence electrons. The summed E-state index contributed by atoms with van der Waals surface area (Å²) in [6, 6.07) is 9.38. The number of nitrogens with zero attached hydrogens (tertiary/aromatic N) is 2. The highest BCUT2D eigenvalue weighted by Gasteiger charge is 2.30. The molecule has 6 nitrogen and oxygen atoms in total. The van der Waals surface area contributed by atoms with Gasteiger partial charge in [0.25, 0.3) is 5.91 Å². The molecule has 3 rings (SSSR count). The van der Waals surface area contributed by atoms with Gasteiger partial charge in [-0.25, -0.2) is 0 Å². The highest BCUT2D eigenvalue weighted by atomic mass is 16.5. The summed E-state index contributed by atoms with van der Waals surface area (Å²) in [5, 5.41) is 0. The molecule has 0 bridgehead atoms. The third kappa shape index (κ3) is 3.18. The Bertz CT molecular complexity index is 677. The molecule has 2 aromatic rings. The standard InChI is InChI=1S/C18H22N2O4/c1-19(18(21)17-5-4-8-24-17)13-6-7-20(12-13)14-9-15(22-2)11-16(10-14)23-3/h4-5,8-11,13H,6-7,12H2,1-3H3. The van der Waals surface area contributed by atoms with Crippen molar-refractivity contribution in [2.45, 2.75) is 12.5 Å². The van der Waals surface area contributed by atoms with Crippen LogP contribution < -0.4 is 14.4 Å². The Morgan fingerprint density at radius 2 is 1.96 bits per heavy atom. The Balaban J connectivity index is 1.72. The minimum absolute atomic E-state index is 0.0879. The molecule has 0 aliphatic carbocycles. The summed E-state index contributed by atoms with van der Waals surface area (Å²) >= 11 is 0. The van der Waals surface area contributed by atoms with Gasteiger partial charge >= 0.3 is 0 Å². The Morgan fingerprint density at radius 1 is 1.25 bits per heavy atom. The van der Waals surface area contributed by atoms with Crippen molar-refractivity contribution in [1.82, 2.24) is 4.90 Å². The third-order valence-corrected chi connectivity index (χ3v) is 4.46. The monoisotopic (exact) mass is 330 g/mol. The molecule has 24 heavy (non-hydrogen) atoms.